The van der Waals surface area contributed by atoms with E-state index in [4.69, 9.17) is 0 Å². The summed E-state index contributed by atoms with van der Waals surface area (Å²) in [6.07, 6.45) is 17.4. The van der Waals surface area contributed by atoms with E-state index < -0.39 is 0 Å². The first-order chi connectivity index (χ1) is 13.7. The normalized spacial score (nSPS) is 47.9. The molecule has 0 heterocycles. The molecule has 0 radical (unpaired) electrons. The number of hydrogen-bond acceptors (Lipinski definition) is 0. The van der Waals surface area contributed by atoms with Crippen LogP contribution in [-0.2, 0) is 0 Å². The van der Waals surface area contributed by atoms with Crippen molar-refractivity contribution in [1.82, 2.24) is 0 Å². The van der Waals surface area contributed by atoms with E-state index in [0.717, 1.165) is 47.3 Å². The fraction of sp³-hybridized carbons (Fsp3) is 0.931. The summed E-state index contributed by atoms with van der Waals surface area (Å²) >= 11 is 0. The highest BCUT2D eigenvalue weighted by atomic mass is 14.6. The Morgan fingerprint density at radius 3 is 2.48 bits per heavy atom. The van der Waals surface area contributed by atoms with Gasteiger partial charge in [-0.25, -0.2) is 0 Å². The lowest BCUT2D eigenvalue weighted by Crippen LogP contribution is -2.50. The summed E-state index contributed by atoms with van der Waals surface area (Å²) in [6, 6.07) is 0. The molecule has 3 saturated carbocycles. The zero-order valence-electron chi connectivity index (χ0n) is 20.8. The van der Waals surface area contributed by atoms with Gasteiger partial charge in [-0.2, -0.15) is 0 Å². The van der Waals surface area contributed by atoms with Gasteiger partial charge in [0.2, 0.25) is 0 Å². The Morgan fingerprint density at radius 2 is 1.76 bits per heavy atom. The van der Waals surface area contributed by atoms with Gasteiger partial charge in [0.15, 0.2) is 0 Å². The Labute approximate surface area is 182 Å². The van der Waals surface area contributed by atoms with Crippen molar-refractivity contribution in [2.24, 2.45) is 58.2 Å². The van der Waals surface area contributed by atoms with E-state index in [9.17, 15) is 0 Å². The summed E-state index contributed by atoms with van der Waals surface area (Å²) in [7, 11) is 0. The highest BCUT2D eigenvalue weighted by Gasteiger charge is 2.60. The van der Waals surface area contributed by atoms with Crippen molar-refractivity contribution in [1.29, 1.82) is 0 Å². The maximum absolute atomic E-state index is 2.76. The zero-order chi connectivity index (χ0) is 21.0. The number of rotatable bonds is 5. The zero-order valence-corrected chi connectivity index (χ0v) is 20.8. The van der Waals surface area contributed by atoms with Gasteiger partial charge < -0.3 is 0 Å². The average molecular weight is 399 g/mol. The summed E-state index contributed by atoms with van der Waals surface area (Å²) in [5.74, 6) is 7.54. The molecule has 29 heavy (non-hydrogen) atoms. The van der Waals surface area contributed by atoms with Crippen LogP contribution in [0.3, 0.4) is 0 Å². The van der Waals surface area contributed by atoms with Gasteiger partial charge in [0.05, 0.1) is 0 Å². The summed E-state index contributed by atoms with van der Waals surface area (Å²) in [4.78, 5) is 0. The minimum atomic E-state index is 0.543. The molecule has 4 rings (SSSR count). The fourth-order valence-electron chi connectivity index (χ4n) is 9.48. The van der Waals surface area contributed by atoms with E-state index in [2.05, 4.69) is 54.5 Å². The fourth-order valence-corrected chi connectivity index (χ4v) is 9.48. The quantitative estimate of drug-likeness (QED) is 0.405. The molecule has 3 fully saturated rings. The molecule has 0 N–H and O–H groups in total. The Bertz CT molecular complexity index is 614. The van der Waals surface area contributed by atoms with E-state index in [-0.39, 0.29) is 0 Å². The van der Waals surface area contributed by atoms with Gasteiger partial charge in [-0.05, 0) is 103 Å². The number of fused-ring (bicyclic) bond motifs is 5. The molecule has 0 saturated heterocycles. The van der Waals surface area contributed by atoms with E-state index in [1.165, 1.54) is 64.2 Å². The topological polar surface area (TPSA) is 0 Å². The van der Waals surface area contributed by atoms with E-state index in [1.54, 1.807) is 0 Å². The van der Waals surface area contributed by atoms with Gasteiger partial charge in [-0.1, -0.05) is 79.4 Å². The van der Waals surface area contributed by atoms with Gasteiger partial charge >= 0.3 is 0 Å². The minimum absolute atomic E-state index is 0.543. The predicted octanol–water partition coefficient (Wildman–Crippen LogP) is 8.91. The molecule has 0 aromatic heterocycles. The molecule has 0 aliphatic heterocycles. The molecular formula is C29H50. The monoisotopic (exact) mass is 398 g/mol. The van der Waals surface area contributed by atoms with Gasteiger partial charge in [0.1, 0.15) is 0 Å². The Hall–Kier alpha value is -0.260. The smallest absolute Gasteiger partial charge is 0.00851 e. The Morgan fingerprint density at radius 1 is 1.00 bits per heavy atom. The van der Waals surface area contributed by atoms with Crippen LogP contribution in [0.15, 0.2) is 11.6 Å². The summed E-state index contributed by atoms with van der Waals surface area (Å²) in [5.41, 5.74) is 3.02. The van der Waals surface area contributed by atoms with Gasteiger partial charge in [0, 0.05) is 0 Å². The van der Waals surface area contributed by atoms with E-state index in [0.29, 0.717) is 10.8 Å². The van der Waals surface area contributed by atoms with Crippen molar-refractivity contribution in [3.63, 3.8) is 0 Å². The van der Waals surface area contributed by atoms with Crippen LogP contribution in [0.5, 0.6) is 0 Å². The second-order valence-corrected chi connectivity index (χ2v) is 13.2. The molecule has 0 aromatic carbocycles. The van der Waals surface area contributed by atoms with Gasteiger partial charge in [-0.15, -0.1) is 0 Å². The molecule has 166 valence electrons. The van der Waals surface area contributed by atoms with Crippen molar-refractivity contribution in [3.05, 3.63) is 11.6 Å². The molecule has 4 aliphatic rings. The van der Waals surface area contributed by atoms with Gasteiger partial charge in [-0.3, -0.25) is 0 Å². The van der Waals surface area contributed by atoms with Crippen LogP contribution in [-0.4, -0.2) is 0 Å². The Balaban J connectivity index is 1.53. The molecule has 0 amide bonds. The van der Waals surface area contributed by atoms with Crippen molar-refractivity contribution >= 4 is 0 Å². The first-order valence-electron chi connectivity index (χ1n) is 13.4. The predicted molar refractivity (Wildman–Crippen MR) is 127 cm³/mol. The van der Waals surface area contributed by atoms with Crippen LogP contribution in [0, 0.1) is 58.2 Å². The lowest BCUT2D eigenvalue weighted by Gasteiger charge is -2.58. The van der Waals surface area contributed by atoms with Crippen LogP contribution < -0.4 is 0 Å². The van der Waals surface area contributed by atoms with Crippen LogP contribution in [0.25, 0.3) is 0 Å². The van der Waals surface area contributed by atoms with E-state index >= 15 is 0 Å². The van der Waals surface area contributed by atoms with Crippen LogP contribution in [0.1, 0.15) is 113 Å². The maximum Gasteiger partial charge on any atom is -0.00851 e. The summed E-state index contributed by atoms with van der Waals surface area (Å²) < 4.78 is 0. The van der Waals surface area contributed by atoms with E-state index in [1.807, 2.05) is 5.57 Å². The molecule has 0 nitrogen and oxygen atoms in total. The number of allylic oxidation sites excluding steroid dienone is 2. The molecule has 0 aromatic rings. The van der Waals surface area contributed by atoms with Crippen LogP contribution in [0.4, 0.5) is 0 Å². The molecule has 9 atom stereocenters. The third-order valence-electron chi connectivity index (χ3n) is 10.8. The second-order valence-electron chi connectivity index (χ2n) is 13.2. The average Bonchev–Trinajstić information content (AvgIpc) is 2.92. The maximum atomic E-state index is 2.76. The van der Waals surface area contributed by atoms with Crippen LogP contribution in [0.2, 0.25) is 0 Å². The molecule has 4 aliphatic carbocycles. The lowest BCUT2D eigenvalue weighted by molar-refractivity contribution is -0.0538. The SMILES string of the molecule is CC(C)CCC[C@@H](C)[C@H]1[C@@H](C)C[C@H]2[C@@H]3CC=C4C[C@@H](C)CC[C@]4(C)[C@H]3CC[C@]12C. The van der Waals surface area contributed by atoms with Crippen molar-refractivity contribution in [3.8, 4) is 0 Å². The van der Waals surface area contributed by atoms with Crippen molar-refractivity contribution in [2.75, 3.05) is 0 Å². The second kappa shape index (κ2) is 8.02. The first-order valence-corrected chi connectivity index (χ1v) is 13.4. The molecule has 0 unspecified atom stereocenters. The standard InChI is InChI=1S/C29H50/c1-19(2)9-8-10-21(4)27-22(5)18-26-24-12-11-23-17-20(3)13-15-28(23,6)25(24)14-16-29(26,27)7/h11,19-22,24-27H,8-10,12-18H2,1-7H3/t20-,21+,22-,24+,25-,26-,27-,28-,29-/m0/s1. The Kier molecular flexibility index (Phi) is 6.07. The third kappa shape index (κ3) is 3.67. The highest BCUT2D eigenvalue weighted by molar-refractivity contribution is 5.25. The third-order valence-corrected chi connectivity index (χ3v) is 10.8. The van der Waals surface area contributed by atoms with Crippen molar-refractivity contribution in [2.45, 2.75) is 113 Å². The summed E-state index contributed by atoms with van der Waals surface area (Å²) in [5, 5.41) is 0. The molecule has 0 heteroatoms. The molecule has 0 bridgehead atoms. The highest BCUT2D eigenvalue weighted by Crippen LogP contribution is 2.68. The van der Waals surface area contributed by atoms with Crippen molar-refractivity contribution < 1.29 is 0 Å². The lowest BCUT2D eigenvalue weighted by atomic mass is 9.46. The molecular weight excluding hydrogens is 348 g/mol. The minimum Gasteiger partial charge on any atom is -0.0845 e. The van der Waals surface area contributed by atoms with Gasteiger partial charge in [0.25, 0.3) is 0 Å². The molecule has 0 spiro atoms. The largest absolute Gasteiger partial charge is 0.0845 e. The first kappa shape index (κ1) is 22.0. The number of hydrogen-bond donors (Lipinski definition) is 0. The summed E-state index contributed by atoms with van der Waals surface area (Å²) in [6.45, 7) is 17.9. The van der Waals surface area contributed by atoms with Crippen LogP contribution >= 0.6 is 0 Å².